The van der Waals surface area contributed by atoms with E-state index in [1.807, 2.05) is 0 Å². The van der Waals surface area contributed by atoms with E-state index in [1.165, 1.54) is 13.1 Å². The molecule has 0 radical (unpaired) electrons. The zero-order valence-electron chi connectivity index (χ0n) is 11.6. The second kappa shape index (κ2) is 7.41. The van der Waals surface area contributed by atoms with Crippen LogP contribution in [0.4, 0.5) is 0 Å². The van der Waals surface area contributed by atoms with Crippen LogP contribution in [0.2, 0.25) is 0 Å². The number of likely N-dealkylation sites (N-methyl/N-ethyl adjacent to an activating group) is 1. The van der Waals surface area contributed by atoms with Gasteiger partial charge < -0.3 is 10.2 Å². The van der Waals surface area contributed by atoms with Crippen molar-refractivity contribution < 1.29 is 18.6 Å². The zero-order chi connectivity index (χ0) is 15.2. The Hall–Kier alpha value is -1.39. The summed E-state index contributed by atoms with van der Waals surface area (Å²) in [4.78, 5) is 0.179. The van der Waals surface area contributed by atoms with Crippen molar-refractivity contribution in [3.8, 4) is 11.8 Å². The first-order chi connectivity index (χ1) is 9.43. The van der Waals surface area contributed by atoms with Gasteiger partial charge in [-0.15, -0.1) is 0 Å². The van der Waals surface area contributed by atoms with Gasteiger partial charge in [0.1, 0.15) is 0 Å². The minimum Gasteiger partial charge on any atom is -0.395 e. The Morgan fingerprint density at radius 1 is 1.25 bits per heavy atom. The number of rotatable bonds is 5. The first-order valence-corrected chi connectivity index (χ1v) is 7.65. The minimum absolute atomic E-state index is 0.00443. The highest BCUT2D eigenvalue weighted by Gasteiger charge is 2.20. The Morgan fingerprint density at radius 3 is 2.50 bits per heavy atom. The largest absolute Gasteiger partial charge is 0.395 e. The summed E-state index contributed by atoms with van der Waals surface area (Å²) in [5, 5.41) is 17.5. The van der Waals surface area contributed by atoms with E-state index in [-0.39, 0.29) is 24.7 Å². The fourth-order valence-corrected chi connectivity index (χ4v) is 2.84. The summed E-state index contributed by atoms with van der Waals surface area (Å²) in [6.45, 7) is 1.62. The van der Waals surface area contributed by atoms with Crippen molar-refractivity contribution in [1.82, 2.24) is 4.31 Å². The molecule has 110 valence electrons. The summed E-state index contributed by atoms with van der Waals surface area (Å²) in [7, 11) is -2.15. The maximum atomic E-state index is 12.2. The normalized spacial score (nSPS) is 11.2. The van der Waals surface area contributed by atoms with Crippen molar-refractivity contribution in [2.45, 2.75) is 18.2 Å². The molecule has 0 aliphatic rings. The second-order valence-electron chi connectivity index (χ2n) is 4.30. The molecule has 1 rings (SSSR count). The Morgan fingerprint density at radius 2 is 1.95 bits per heavy atom. The van der Waals surface area contributed by atoms with Gasteiger partial charge in [0.15, 0.2) is 0 Å². The molecule has 20 heavy (non-hydrogen) atoms. The number of aliphatic hydroxyl groups excluding tert-OH is 2. The van der Waals surface area contributed by atoms with Crippen LogP contribution in [-0.4, -0.2) is 49.7 Å². The van der Waals surface area contributed by atoms with Gasteiger partial charge in [-0.1, -0.05) is 11.8 Å². The van der Waals surface area contributed by atoms with Crippen molar-refractivity contribution in [2.24, 2.45) is 0 Å². The number of aliphatic hydroxyl groups is 2. The van der Waals surface area contributed by atoms with Gasteiger partial charge in [-0.25, -0.2) is 8.42 Å². The molecule has 2 N–H and O–H groups in total. The SMILES string of the molecule is Cc1cc(S(=O)(=O)N(C)CCO)ccc1C#CCCO. The van der Waals surface area contributed by atoms with E-state index in [1.54, 1.807) is 19.1 Å². The van der Waals surface area contributed by atoms with Crippen LogP contribution >= 0.6 is 0 Å². The lowest BCUT2D eigenvalue weighted by Crippen LogP contribution is -2.29. The maximum Gasteiger partial charge on any atom is 0.242 e. The molecular formula is C14H19NO4S. The summed E-state index contributed by atoms with van der Waals surface area (Å²) >= 11 is 0. The number of nitrogens with zero attached hydrogens (tertiary/aromatic N) is 1. The highest BCUT2D eigenvalue weighted by atomic mass is 32.2. The second-order valence-corrected chi connectivity index (χ2v) is 6.35. The van der Waals surface area contributed by atoms with Crippen molar-refractivity contribution in [2.75, 3.05) is 26.8 Å². The predicted octanol–water partition coefficient (Wildman–Crippen LogP) is 0.342. The molecule has 0 bridgehead atoms. The van der Waals surface area contributed by atoms with Gasteiger partial charge in [0.05, 0.1) is 18.1 Å². The number of hydrogen-bond acceptors (Lipinski definition) is 4. The Kier molecular flexibility index (Phi) is 6.17. The molecule has 0 amide bonds. The van der Waals surface area contributed by atoms with Gasteiger partial charge in [-0.3, -0.25) is 0 Å². The van der Waals surface area contributed by atoms with Crippen LogP contribution in [0.3, 0.4) is 0 Å². The van der Waals surface area contributed by atoms with E-state index >= 15 is 0 Å². The summed E-state index contributed by atoms with van der Waals surface area (Å²) in [6.07, 6.45) is 0.388. The van der Waals surface area contributed by atoms with Crippen LogP contribution in [0.25, 0.3) is 0 Å². The summed E-state index contributed by atoms with van der Waals surface area (Å²) in [5.41, 5.74) is 1.50. The minimum atomic E-state index is -3.58. The topological polar surface area (TPSA) is 77.8 Å². The first-order valence-electron chi connectivity index (χ1n) is 6.21. The molecule has 0 aliphatic carbocycles. The number of aryl methyl sites for hydroxylation is 1. The third-order valence-electron chi connectivity index (χ3n) is 2.78. The quantitative estimate of drug-likeness (QED) is 0.768. The van der Waals surface area contributed by atoms with Gasteiger partial charge >= 0.3 is 0 Å². The number of sulfonamides is 1. The van der Waals surface area contributed by atoms with Crippen LogP contribution in [0, 0.1) is 18.8 Å². The van der Waals surface area contributed by atoms with Crippen LogP contribution < -0.4 is 0 Å². The molecule has 0 aliphatic heterocycles. The summed E-state index contributed by atoms with van der Waals surface area (Å²) in [6, 6.07) is 4.71. The number of hydrogen-bond donors (Lipinski definition) is 2. The van der Waals surface area contributed by atoms with Gasteiger partial charge in [0.2, 0.25) is 10.0 Å². The third-order valence-corrected chi connectivity index (χ3v) is 4.63. The zero-order valence-corrected chi connectivity index (χ0v) is 12.4. The molecule has 6 heteroatoms. The molecule has 0 heterocycles. The standard InChI is InChI=1S/C14H19NO4S/c1-12-11-14(20(18,19)15(2)8-10-17)7-6-13(12)5-3-4-9-16/h6-7,11,16-17H,4,8-10H2,1-2H3. The molecule has 1 aromatic carbocycles. The lowest BCUT2D eigenvalue weighted by Gasteiger charge is -2.16. The molecular weight excluding hydrogens is 278 g/mol. The molecule has 0 atom stereocenters. The first kappa shape index (κ1) is 16.7. The monoisotopic (exact) mass is 297 g/mol. The van der Waals surface area contributed by atoms with E-state index in [2.05, 4.69) is 11.8 Å². The van der Waals surface area contributed by atoms with Gasteiger partial charge in [-0.2, -0.15) is 4.31 Å². The van der Waals surface area contributed by atoms with Gasteiger partial charge in [0, 0.05) is 25.6 Å². The Balaban J connectivity index is 3.07. The summed E-state index contributed by atoms with van der Waals surface area (Å²) in [5.74, 6) is 5.69. The fourth-order valence-electron chi connectivity index (χ4n) is 1.59. The molecule has 0 aromatic heterocycles. The molecule has 0 saturated heterocycles. The van der Waals surface area contributed by atoms with Crippen LogP contribution in [0.5, 0.6) is 0 Å². The Bertz CT molecular complexity index is 614. The average Bonchev–Trinajstić information content (AvgIpc) is 2.41. The molecule has 0 spiro atoms. The fraction of sp³-hybridized carbons (Fsp3) is 0.429. The molecule has 1 aromatic rings. The highest BCUT2D eigenvalue weighted by molar-refractivity contribution is 7.89. The third kappa shape index (κ3) is 4.05. The smallest absolute Gasteiger partial charge is 0.242 e. The average molecular weight is 297 g/mol. The van der Waals surface area contributed by atoms with Crippen LogP contribution in [-0.2, 0) is 10.0 Å². The molecule has 0 saturated carbocycles. The van der Waals surface area contributed by atoms with Crippen molar-refractivity contribution in [1.29, 1.82) is 0 Å². The van der Waals surface area contributed by atoms with Gasteiger partial charge in [0.25, 0.3) is 0 Å². The molecule has 0 fully saturated rings. The van der Waals surface area contributed by atoms with Crippen molar-refractivity contribution in [3.63, 3.8) is 0 Å². The number of benzene rings is 1. The molecule has 5 nitrogen and oxygen atoms in total. The lowest BCUT2D eigenvalue weighted by atomic mass is 10.1. The van der Waals surface area contributed by atoms with Gasteiger partial charge in [-0.05, 0) is 30.7 Å². The maximum absolute atomic E-state index is 12.2. The van der Waals surface area contributed by atoms with E-state index in [4.69, 9.17) is 10.2 Å². The highest BCUT2D eigenvalue weighted by Crippen LogP contribution is 2.18. The van der Waals surface area contributed by atoms with E-state index < -0.39 is 10.0 Å². The van der Waals surface area contributed by atoms with Crippen molar-refractivity contribution >= 4 is 10.0 Å². The van der Waals surface area contributed by atoms with E-state index in [0.717, 1.165) is 15.4 Å². The van der Waals surface area contributed by atoms with E-state index in [0.29, 0.717) is 6.42 Å². The van der Waals surface area contributed by atoms with Crippen LogP contribution in [0.15, 0.2) is 23.1 Å². The van der Waals surface area contributed by atoms with Crippen LogP contribution in [0.1, 0.15) is 17.5 Å². The van der Waals surface area contributed by atoms with Crippen molar-refractivity contribution in [3.05, 3.63) is 29.3 Å². The summed E-state index contributed by atoms with van der Waals surface area (Å²) < 4.78 is 25.5. The Labute approximate surface area is 119 Å². The van der Waals surface area contributed by atoms with E-state index in [9.17, 15) is 8.42 Å². The predicted molar refractivity (Wildman–Crippen MR) is 76.7 cm³/mol. The lowest BCUT2D eigenvalue weighted by molar-refractivity contribution is 0.266. The molecule has 0 unspecified atom stereocenters.